The molecule has 0 bridgehead atoms. The van der Waals surface area contributed by atoms with E-state index in [9.17, 15) is 14.7 Å². The summed E-state index contributed by atoms with van der Waals surface area (Å²) in [6, 6.07) is 10.0. The molecule has 3 rings (SSSR count). The fourth-order valence-electron chi connectivity index (χ4n) is 3.07. The van der Waals surface area contributed by atoms with Gasteiger partial charge in [-0.1, -0.05) is 35.5 Å². The average molecular weight is 488 g/mol. The van der Waals surface area contributed by atoms with Crippen LogP contribution in [0.25, 0.3) is 6.08 Å². The Morgan fingerprint density at radius 3 is 2.45 bits per heavy atom. The third-order valence-electron chi connectivity index (χ3n) is 4.74. The molecule has 1 heterocycles. The van der Waals surface area contributed by atoms with Gasteiger partial charge < -0.3 is 19.3 Å². The minimum absolute atomic E-state index is 0.0280. The lowest BCUT2D eigenvalue weighted by Crippen LogP contribution is -2.14. The first-order chi connectivity index (χ1) is 15.8. The zero-order valence-corrected chi connectivity index (χ0v) is 20.0. The normalized spacial score (nSPS) is 15.8. The van der Waals surface area contributed by atoms with Gasteiger partial charge in [0.1, 0.15) is 16.4 Å². The van der Waals surface area contributed by atoms with Crippen LogP contribution >= 0.6 is 23.4 Å². The van der Waals surface area contributed by atoms with Gasteiger partial charge in [-0.3, -0.25) is 4.79 Å². The number of hydrogen-bond acceptors (Lipinski definition) is 7. The van der Waals surface area contributed by atoms with Crippen LogP contribution in [0.3, 0.4) is 0 Å². The number of benzene rings is 2. The number of rotatable bonds is 6. The van der Waals surface area contributed by atoms with E-state index >= 15 is 0 Å². The number of carbonyl (C=O) groups is 2. The molecule has 0 spiro atoms. The van der Waals surface area contributed by atoms with Crippen LogP contribution in [0, 0.1) is 6.92 Å². The van der Waals surface area contributed by atoms with Gasteiger partial charge in [0.15, 0.2) is 11.5 Å². The molecule has 0 aromatic heterocycles. The van der Waals surface area contributed by atoms with Gasteiger partial charge in [0.05, 0.1) is 36.3 Å². The van der Waals surface area contributed by atoms with Crippen LogP contribution in [0.1, 0.15) is 28.4 Å². The van der Waals surface area contributed by atoms with Crippen molar-refractivity contribution in [3.05, 3.63) is 74.3 Å². The molecule has 0 radical (unpaired) electrons. The molecule has 33 heavy (non-hydrogen) atoms. The molecule has 0 fully saturated rings. The van der Waals surface area contributed by atoms with Gasteiger partial charge in [0.25, 0.3) is 5.91 Å². The Balaban J connectivity index is 2.08. The molecule has 7 nitrogen and oxygen atoms in total. The standard InChI is InChI=1S/C24H22ClNO6S/c1-5-32-24(29)20-21(27)19(12-14-11-18(31-4)17(30-3)10-13(14)2)33-23(20)26-22(28)15-8-6-7-9-16(15)25/h6-12,27H,5H2,1-4H3/b19-12-,26-23?. The zero-order chi connectivity index (χ0) is 24.1. The second-order valence-electron chi connectivity index (χ2n) is 6.82. The van der Waals surface area contributed by atoms with Gasteiger partial charge in [0.2, 0.25) is 0 Å². The van der Waals surface area contributed by atoms with Crippen LogP contribution in [0.4, 0.5) is 0 Å². The minimum atomic E-state index is -0.777. The summed E-state index contributed by atoms with van der Waals surface area (Å²) in [4.78, 5) is 29.7. The van der Waals surface area contributed by atoms with Crippen molar-refractivity contribution in [2.24, 2.45) is 4.99 Å². The molecule has 0 aliphatic carbocycles. The van der Waals surface area contributed by atoms with Crippen molar-refractivity contribution in [1.29, 1.82) is 0 Å². The summed E-state index contributed by atoms with van der Waals surface area (Å²) in [7, 11) is 3.07. The highest BCUT2D eigenvalue weighted by molar-refractivity contribution is 8.18. The summed E-state index contributed by atoms with van der Waals surface area (Å²) in [5.74, 6) is -0.661. The van der Waals surface area contributed by atoms with Crippen molar-refractivity contribution < 1.29 is 28.9 Å². The summed E-state index contributed by atoms with van der Waals surface area (Å²) < 4.78 is 15.7. The molecule has 9 heteroatoms. The lowest BCUT2D eigenvalue weighted by Gasteiger charge is -2.11. The highest BCUT2D eigenvalue weighted by Gasteiger charge is 2.34. The SMILES string of the molecule is CCOC(=O)C1=C(O)/C(=C/c2cc(OC)c(OC)cc2C)SC1=NC(=O)c1ccccc1Cl. The van der Waals surface area contributed by atoms with E-state index in [2.05, 4.69) is 4.99 Å². The van der Waals surface area contributed by atoms with Crippen molar-refractivity contribution in [2.75, 3.05) is 20.8 Å². The van der Waals surface area contributed by atoms with Crippen molar-refractivity contribution >= 4 is 46.4 Å². The van der Waals surface area contributed by atoms with Gasteiger partial charge in [0, 0.05) is 0 Å². The maximum absolute atomic E-state index is 12.7. The lowest BCUT2D eigenvalue weighted by molar-refractivity contribution is -0.138. The van der Waals surface area contributed by atoms with E-state index in [0.717, 1.165) is 22.9 Å². The summed E-state index contributed by atoms with van der Waals surface area (Å²) >= 11 is 7.09. The summed E-state index contributed by atoms with van der Waals surface area (Å²) in [6.45, 7) is 3.61. The van der Waals surface area contributed by atoms with E-state index in [4.69, 9.17) is 25.8 Å². The van der Waals surface area contributed by atoms with E-state index in [0.29, 0.717) is 16.4 Å². The third-order valence-corrected chi connectivity index (χ3v) is 6.09. The van der Waals surface area contributed by atoms with E-state index in [1.54, 1.807) is 50.4 Å². The molecule has 0 saturated carbocycles. The molecular weight excluding hydrogens is 466 g/mol. The first kappa shape index (κ1) is 24.4. The maximum atomic E-state index is 12.7. The van der Waals surface area contributed by atoms with Crippen LogP contribution in [-0.2, 0) is 9.53 Å². The number of esters is 1. The molecule has 172 valence electrons. The number of aliphatic hydroxyl groups is 1. The van der Waals surface area contributed by atoms with E-state index in [1.165, 1.54) is 13.2 Å². The molecule has 2 aromatic rings. The number of amides is 1. The smallest absolute Gasteiger partial charge is 0.344 e. The van der Waals surface area contributed by atoms with Gasteiger partial charge >= 0.3 is 5.97 Å². The minimum Gasteiger partial charge on any atom is -0.506 e. The number of aryl methyl sites for hydroxylation is 1. The fraction of sp³-hybridized carbons (Fsp3) is 0.208. The van der Waals surface area contributed by atoms with Crippen LogP contribution in [0.15, 0.2) is 57.6 Å². The number of nitrogens with zero attached hydrogens (tertiary/aromatic N) is 1. The van der Waals surface area contributed by atoms with Gasteiger partial charge in [-0.15, -0.1) is 0 Å². The number of ether oxygens (including phenoxy) is 3. The summed E-state index contributed by atoms with van der Waals surface area (Å²) in [6.07, 6.45) is 1.68. The Labute approximate surface area is 200 Å². The zero-order valence-electron chi connectivity index (χ0n) is 18.5. The first-order valence-electron chi connectivity index (χ1n) is 9.91. The van der Waals surface area contributed by atoms with Crippen molar-refractivity contribution in [1.82, 2.24) is 0 Å². The van der Waals surface area contributed by atoms with Crippen LogP contribution < -0.4 is 9.47 Å². The highest BCUT2D eigenvalue weighted by Crippen LogP contribution is 2.41. The fourth-order valence-corrected chi connectivity index (χ4v) is 4.29. The quantitative estimate of drug-likeness (QED) is 0.547. The molecule has 1 aliphatic heterocycles. The lowest BCUT2D eigenvalue weighted by atomic mass is 10.1. The van der Waals surface area contributed by atoms with Crippen LogP contribution in [-0.4, -0.2) is 42.9 Å². The molecule has 0 saturated heterocycles. The van der Waals surface area contributed by atoms with Gasteiger partial charge in [-0.05, 0) is 55.3 Å². The topological polar surface area (TPSA) is 94.4 Å². The van der Waals surface area contributed by atoms with Crippen molar-refractivity contribution in [3.63, 3.8) is 0 Å². The Kier molecular flexibility index (Phi) is 7.84. The molecule has 1 amide bonds. The number of aliphatic hydroxyl groups excluding tert-OH is 1. The Bertz CT molecular complexity index is 1200. The maximum Gasteiger partial charge on any atom is 0.344 e. The number of carbonyl (C=O) groups excluding carboxylic acids is 2. The van der Waals surface area contributed by atoms with Crippen LogP contribution in [0.5, 0.6) is 11.5 Å². The molecule has 0 unspecified atom stereocenters. The van der Waals surface area contributed by atoms with Crippen molar-refractivity contribution in [3.8, 4) is 11.5 Å². The molecule has 1 aliphatic rings. The number of hydrogen-bond donors (Lipinski definition) is 1. The second-order valence-corrected chi connectivity index (χ2v) is 8.26. The molecule has 2 aromatic carbocycles. The Morgan fingerprint density at radius 2 is 1.82 bits per heavy atom. The third kappa shape index (κ3) is 5.23. The monoisotopic (exact) mass is 487 g/mol. The molecular formula is C24H22ClNO6S. The Hall–Kier alpha value is -3.23. The predicted molar refractivity (Wildman–Crippen MR) is 129 cm³/mol. The van der Waals surface area contributed by atoms with Gasteiger partial charge in [-0.25, -0.2) is 9.79 Å². The van der Waals surface area contributed by atoms with Crippen LogP contribution in [0.2, 0.25) is 5.02 Å². The Morgan fingerprint density at radius 1 is 1.15 bits per heavy atom. The number of thioether (sulfide) groups is 1. The average Bonchev–Trinajstić information content (AvgIpc) is 3.09. The number of methoxy groups -OCH3 is 2. The highest BCUT2D eigenvalue weighted by atomic mass is 35.5. The largest absolute Gasteiger partial charge is 0.506 e. The number of aliphatic imine (C=N–C) groups is 1. The first-order valence-corrected chi connectivity index (χ1v) is 11.1. The van der Waals surface area contributed by atoms with Gasteiger partial charge in [-0.2, -0.15) is 0 Å². The van der Waals surface area contributed by atoms with E-state index in [-0.39, 0.29) is 33.6 Å². The van der Waals surface area contributed by atoms with E-state index in [1.807, 2.05) is 6.92 Å². The van der Waals surface area contributed by atoms with Crippen molar-refractivity contribution in [2.45, 2.75) is 13.8 Å². The summed E-state index contributed by atoms with van der Waals surface area (Å²) in [5, 5.41) is 11.1. The second kappa shape index (κ2) is 10.6. The van der Waals surface area contributed by atoms with E-state index < -0.39 is 11.9 Å². The molecule has 0 atom stereocenters. The predicted octanol–water partition coefficient (Wildman–Crippen LogP) is 5.37. The summed E-state index contributed by atoms with van der Waals surface area (Å²) in [5.41, 5.74) is 1.59. The molecule has 1 N–H and O–H groups in total. The number of halogens is 1.